The van der Waals surface area contributed by atoms with Crippen LogP contribution in [-0.2, 0) is 14.6 Å². The standard InChI is InChI=1S/C17H23N3O4S/c1-17(2,3)24-16(21)20-9-8-12(10-20)11-25(22,23)15-18-13-6-4-5-7-14(13)19-15/h4-7,12H,8-11H2,1-3H3,(H,18,19)/t12-/m1/s1. The van der Waals surface area contributed by atoms with Gasteiger partial charge >= 0.3 is 6.09 Å². The number of rotatable bonds is 3. The largest absolute Gasteiger partial charge is 0.444 e. The van der Waals surface area contributed by atoms with E-state index in [1.165, 1.54) is 0 Å². The van der Waals surface area contributed by atoms with E-state index in [9.17, 15) is 13.2 Å². The van der Waals surface area contributed by atoms with Crippen LogP contribution in [0.25, 0.3) is 11.0 Å². The fourth-order valence-corrected chi connectivity index (χ4v) is 4.48. The highest BCUT2D eigenvalue weighted by Gasteiger charge is 2.33. The maximum absolute atomic E-state index is 12.6. The minimum atomic E-state index is -3.54. The molecule has 1 aromatic carbocycles. The van der Waals surface area contributed by atoms with Gasteiger partial charge in [-0.05, 0) is 45.2 Å². The van der Waals surface area contributed by atoms with Crippen LogP contribution in [0, 0.1) is 5.92 Å². The summed E-state index contributed by atoms with van der Waals surface area (Å²) in [4.78, 5) is 20.7. The Labute approximate surface area is 147 Å². The summed E-state index contributed by atoms with van der Waals surface area (Å²) in [6.07, 6.45) is 0.245. The summed E-state index contributed by atoms with van der Waals surface area (Å²) in [6, 6.07) is 7.20. The number of imidazole rings is 1. The fraction of sp³-hybridized carbons (Fsp3) is 0.529. The van der Waals surface area contributed by atoms with Crippen molar-refractivity contribution in [2.75, 3.05) is 18.8 Å². The van der Waals surface area contributed by atoms with E-state index in [4.69, 9.17) is 4.74 Å². The number of aromatic nitrogens is 2. The van der Waals surface area contributed by atoms with E-state index in [2.05, 4.69) is 9.97 Å². The van der Waals surface area contributed by atoms with Crippen molar-refractivity contribution in [2.45, 2.75) is 37.9 Å². The molecule has 0 aliphatic carbocycles. The van der Waals surface area contributed by atoms with Crippen LogP contribution in [0.1, 0.15) is 27.2 Å². The number of H-pyrrole nitrogens is 1. The molecule has 7 nitrogen and oxygen atoms in total. The van der Waals surface area contributed by atoms with Crippen molar-refractivity contribution in [2.24, 2.45) is 5.92 Å². The smallest absolute Gasteiger partial charge is 0.410 e. The van der Waals surface area contributed by atoms with Crippen molar-refractivity contribution in [1.82, 2.24) is 14.9 Å². The second kappa shape index (κ2) is 6.33. The van der Waals surface area contributed by atoms with E-state index in [1.54, 1.807) is 17.0 Å². The number of hydrogen-bond acceptors (Lipinski definition) is 5. The Kier molecular flexibility index (Phi) is 4.49. The van der Waals surface area contributed by atoms with Gasteiger partial charge in [0.05, 0.1) is 16.8 Å². The number of aromatic amines is 1. The van der Waals surface area contributed by atoms with Gasteiger partial charge in [0.1, 0.15) is 5.60 Å². The third kappa shape index (κ3) is 4.12. The number of amides is 1. The zero-order valence-corrected chi connectivity index (χ0v) is 15.5. The quantitative estimate of drug-likeness (QED) is 0.902. The lowest BCUT2D eigenvalue weighted by Gasteiger charge is -2.24. The van der Waals surface area contributed by atoms with Crippen molar-refractivity contribution >= 4 is 27.0 Å². The monoisotopic (exact) mass is 365 g/mol. The average molecular weight is 365 g/mol. The van der Waals surface area contributed by atoms with Crippen LogP contribution in [0.15, 0.2) is 29.4 Å². The Balaban J connectivity index is 1.67. The molecular weight excluding hydrogens is 342 g/mol. The molecule has 2 aromatic rings. The molecular formula is C17H23N3O4S. The molecule has 0 bridgehead atoms. The number of hydrogen-bond donors (Lipinski definition) is 1. The van der Waals surface area contributed by atoms with Crippen LogP contribution >= 0.6 is 0 Å². The second-order valence-electron chi connectivity index (χ2n) is 7.42. The molecule has 1 aliphatic heterocycles. The number of sulfone groups is 1. The topological polar surface area (TPSA) is 92.4 Å². The summed E-state index contributed by atoms with van der Waals surface area (Å²) in [7, 11) is -3.54. The molecule has 3 rings (SSSR count). The van der Waals surface area contributed by atoms with Gasteiger partial charge in [0.2, 0.25) is 15.0 Å². The zero-order valence-electron chi connectivity index (χ0n) is 14.7. The van der Waals surface area contributed by atoms with Gasteiger partial charge in [-0.2, -0.15) is 0 Å². The van der Waals surface area contributed by atoms with E-state index < -0.39 is 21.5 Å². The molecule has 1 N–H and O–H groups in total. The van der Waals surface area contributed by atoms with Crippen molar-refractivity contribution in [1.29, 1.82) is 0 Å². The van der Waals surface area contributed by atoms with Crippen LogP contribution in [-0.4, -0.2) is 53.8 Å². The number of fused-ring (bicyclic) bond motifs is 1. The Hall–Kier alpha value is -2.09. The van der Waals surface area contributed by atoms with Gasteiger partial charge < -0.3 is 14.6 Å². The van der Waals surface area contributed by atoms with Crippen molar-refractivity contribution < 1.29 is 17.9 Å². The number of likely N-dealkylation sites (tertiary alicyclic amines) is 1. The maximum Gasteiger partial charge on any atom is 0.410 e. The molecule has 0 unspecified atom stereocenters. The van der Waals surface area contributed by atoms with Gasteiger partial charge in [-0.3, -0.25) is 0 Å². The number of nitrogens with zero attached hydrogens (tertiary/aromatic N) is 2. The molecule has 1 aliphatic rings. The molecule has 0 saturated carbocycles. The van der Waals surface area contributed by atoms with E-state index in [1.807, 2.05) is 32.9 Å². The fourth-order valence-electron chi connectivity index (χ4n) is 2.93. The summed E-state index contributed by atoms with van der Waals surface area (Å²) in [5, 5.41) is -0.00980. The minimum absolute atomic E-state index is 0.00980. The maximum atomic E-state index is 12.6. The molecule has 1 amide bonds. The molecule has 0 radical (unpaired) electrons. The Bertz CT molecular complexity index is 850. The first kappa shape index (κ1) is 17.7. The molecule has 1 aromatic heterocycles. The number of carbonyl (C=O) groups excluding carboxylic acids is 1. The van der Waals surface area contributed by atoms with E-state index in [-0.39, 0.29) is 16.8 Å². The van der Waals surface area contributed by atoms with Crippen LogP contribution in [0.3, 0.4) is 0 Å². The van der Waals surface area contributed by atoms with Crippen LogP contribution < -0.4 is 0 Å². The van der Waals surface area contributed by atoms with Gasteiger partial charge in [-0.15, -0.1) is 0 Å². The summed E-state index contributed by atoms with van der Waals surface area (Å²) in [5.74, 6) is -0.155. The zero-order chi connectivity index (χ0) is 18.2. The van der Waals surface area contributed by atoms with E-state index in [0.29, 0.717) is 30.5 Å². The first-order valence-corrected chi connectivity index (χ1v) is 9.95. The lowest BCUT2D eigenvalue weighted by atomic mass is 10.2. The number of nitrogens with one attached hydrogen (secondary N) is 1. The number of benzene rings is 1. The normalized spacial score (nSPS) is 18.7. The minimum Gasteiger partial charge on any atom is -0.444 e. The highest BCUT2D eigenvalue weighted by Crippen LogP contribution is 2.23. The molecule has 1 atom stereocenters. The number of carbonyl (C=O) groups is 1. The molecule has 2 heterocycles. The van der Waals surface area contributed by atoms with Crippen molar-refractivity contribution in [3.05, 3.63) is 24.3 Å². The highest BCUT2D eigenvalue weighted by atomic mass is 32.2. The summed E-state index contributed by atoms with van der Waals surface area (Å²) in [5.41, 5.74) is 0.765. The molecule has 1 fully saturated rings. The van der Waals surface area contributed by atoms with Crippen LogP contribution in [0.5, 0.6) is 0 Å². The molecule has 1 saturated heterocycles. The first-order valence-electron chi connectivity index (χ1n) is 8.29. The van der Waals surface area contributed by atoms with E-state index >= 15 is 0 Å². The molecule has 25 heavy (non-hydrogen) atoms. The van der Waals surface area contributed by atoms with Crippen molar-refractivity contribution in [3.63, 3.8) is 0 Å². The third-order valence-electron chi connectivity index (χ3n) is 4.05. The molecule has 0 spiro atoms. The van der Waals surface area contributed by atoms with Crippen LogP contribution in [0.4, 0.5) is 4.79 Å². The van der Waals surface area contributed by atoms with Gasteiger partial charge in [0, 0.05) is 13.1 Å². The van der Waals surface area contributed by atoms with Gasteiger partial charge in [0.15, 0.2) is 0 Å². The number of para-hydroxylation sites is 2. The third-order valence-corrected chi connectivity index (χ3v) is 5.75. The molecule has 136 valence electrons. The predicted octanol–water partition coefficient (Wildman–Crippen LogP) is 2.59. The van der Waals surface area contributed by atoms with Crippen LogP contribution in [0.2, 0.25) is 0 Å². The van der Waals surface area contributed by atoms with E-state index in [0.717, 1.165) is 0 Å². The van der Waals surface area contributed by atoms with Gasteiger partial charge in [-0.1, -0.05) is 12.1 Å². The van der Waals surface area contributed by atoms with Gasteiger partial charge in [-0.25, -0.2) is 18.2 Å². The number of ether oxygens (including phenoxy) is 1. The SMILES string of the molecule is CC(C)(C)OC(=O)N1CC[C@@H](CS(=O)(=O)c2nc3ccccc3[nH]2)C1. The highest BCUT2D eigenvalue weighted by molar-refractivity contribution is 7.91. The summed E-state index contributed by atoms with van der Waals surface area (Å²) >= 11 is 0. The lowest BCUT2D eigenvalue weighted by molar-refractivity contribution is 0.0289. The average Bonchev–Trinajstić information content (AvgIpc) is 3.11. The first-order chi connectivity index (χ1) is 11.6. The van der Waals surface area contributed by atoms with Gasteiger partial charge in [0.25, 0.3) is 0 Å². The Morgan fingerprint density at radius 1 is 1.36 bits per heavy atom. The summed E-state index contributed by atoms with van der Waals surface area (Å²) in [6.45, 7) is 6.32. The summed E-state index contributed by atoms with van der Waals surface area (Å²) < 4.78 is 30.6. The predicted molar refractivity (Wildman–Crippen MR) is 94.1 cm³/mol. The molecule has 8 heteroatoms. The lowest BCUT2D eigenvalue weighted by Crippen LogP contribution is -2.35. The Morgan fingerprint density at radius 3 is 2.76 bits per heavy atom. The van der Waals surface area contributed by atoms with Crippen molar-refractivity contribution in [3.8, 4) is 0 Å². The second-order valence-corrected chi connectivity index (χ2v) is 9.37. The Morgan fingerprint density at radius 2 is 2.08 bits per heavy atom.